The van der Waals surface area contributed by atoms with E-state index >= 15 is 0 Å². The van der Waals surface area contributed by atoms with Crippen molar-refractivity contribution in [1.82, 2.24) is 4.98 Å². The van der Waals surface area contributed by atoms with Crippen LogP contribution in [-0.2, 0) is 4.79 Å². The summed E-state index contributed by atoms with van der Waals surface area (Å²) < 4.78 is 0. The number of carbonyl (C=O) groups is 1. The number of nitrogens with one attached hydrogen (secondary N) is 1. The van der Waals surface area contributed by atoms with Crippen LogP contribution in [0, 0.1) is 6.92 Å². The molecule has 0 fully saturated rings. The van der Waals surface area contributed by atoms with Crippen molar-refractivity contribution < 1.29 is 4.79 Å². The molecular formula is C17H21ClN2OS. The maximum Gasteiger partial charge on any atom is 0.226 e. The number of aromatic nitrogens is 1. The molecule has 0 saturated carbocycles. The molecule has 0 radical (unpaired) electrons. The Balaban J connectivity index is 1.95. The van der Waals surface area contributed by atoms with Gasteiger partial charge in [0.1, 0.15) is 0 Å². The van der Waals surface area contributed by atoms with Gasteiger partial charge in [0.2, 0.25) is 5.91 Å². The Morgan fingerprint density at radius 1 is 1.32 bits per heavy atom. The molecule has 5 heteroatoms. The van der Waals surface area contributed by atoms with Crippen LogP contribution < -0.4 is 5.32 Å². The third kappa shape index (κ3) is 4.82. The van der Waals surface area contributed by atoms with Gasteiger partial charge in [-0.05, 0) is 25.0 Å². The molecule has 0 aliphatic carbocycles. The standard InChI is InChI=1S/C17H21ClN2OS/c1-3-4-5-6-7-16(21)20-17-19-15(11-22-17)13-9-8-12(2)10-14(13)18/h8-11H,3-7H2,1-2H3,(H,19,20,21). The van der Waals surface area contributed by atoms with E-state index in [1.54, 1.807) is 0 Å². The van der Waals surface area contributed by atoms with Gasteiger partial charge in [-0.2, -0.15) is 0 Å². The summed E-state index contributed by atoms with van der Waals surface area (Å²) in [5.74, 6) is 0.0343. The fraction of sp³-hybridized carbons (Fsp3) is 0.412. The van der Waals surface area contributed by atoms with Crippen molar-refractivity contribution in [2.75, 3.05) is 5.32 Å². The summed E-state index contributed by atoms with van der Waals surface area (Å²) in [7, 11) is 0. The van der Waals surface area contributed by atoms with E-state index in [-0.39, 0.29) is 5.91 Å². The number of nitrogens with zero attached hydrogens (tertiary/aromatic N) is 1. The number of carbonyl (C=O) groups excluding carboxylic acids is 1. The first-order chi connectivity index (χ1) is 10.6. The van der Waals surface area contributed by atoms with E-state index in [1.165, 1.54) is 24.2 Å². The average molecular weight is 337 g/mol. The number of unbranched alkanes of at least 4 members (excludes halogenated alkanes) is 3. The van der Waals surface area contributed by atoms with E-state index in [0.29, 0.717) is 16.6 Å². The van der Waals surface area contributed by atoms with Crippen molar-refractivity contribution in [3.05, 3.63) is 34.2 Å². The Bertz CT molecular complexity index is 639. The lowest BCUT2D eigenvalue weighted by Gasteiger charge is -2.03. The third-order valence-corrected chi connectivity index (χ3v) is 4.48. The quantitative estimate of drug-likeness (QED) is 0.661. The number of benzene rings is 1. The minimum absolute atomic E-state index is 0.0343. The highest BCUT2D eigenvalue weighted by atomic mass is 35.5. The summed E-state index contributed by atoms with van der Waals surface area (Å²) in [6.07, 6.45) is 4.95. The van der Waals surface area contributed by atoms with E-state index in [4.69, 9.17) is 11.6 Å². The summed E-state index contributed by atoms with van der Waals surface area (Å²) >= 11 is 7.68. The van der Waals surface area contributed by atoms with Crippen LogP contribution in [-0.4, -0.2) is 10.9 Å². The highest BCUT2D eigenvalue weighted by Gasteiger charge is 2.10. The lowest BCUT2D eigenvalue weighted by molar-refractivity contribution is -0.116. The molecule has 1 heterocycles. The minimum Gasteiger partial charge on any atom is -0.302 e. The number of rotatable bonds is 7. The van der Waals surface area contributed by atoms with Crippen LogP contribution in [0.2, 0.25) is 5.02 Å². The van der Waals surface area contributed by atoms with Crippen molar-refractivity contribution >= 4 is 34.0 Å². The zero-order chi connectivity index (χ0) is 15.9. The molecule has 0 saturated heterocycles. The zero-order valence-electron chi connectivity index (χ0n) is 13.0. The van der Waals surface area contributed by atoms with Crippen LogP contribution in [0.4, 0.5) is 5.13 Å². The SMILES string of the molecule is CCCCCCC(=O)Nc1nc(-c2ccc(C)cc2Cl)cs1. The van der Waals surface area contributed by atoms with Gasteiger partial charge in [-0.3, -0.25) is 4.79 Å². The van der Waals surface area contributed by atoms with E-state index in [1.807, 2.05) is 30.5 Å². The first-order valence-electron chi connectivity index (χ1n) is 7.62. The number of aryl methyl sites for hydroxylation is 1. The topological polar surface area (TPSA) is 42.0 Å². The summed E-state index contributed by atoms with van der Waals surface area (Å²) in [5, 5.41) is 6.10. The average Bonchev–Trinajstić information content (AvgIpc) is 2.92. The van der Waals surface area contributed by atoms with E-state index in [2.05, 4.69) is 17.2 Å². The first kappa shape index (κ1) is 17.0. The van der Waals surface area contributed by atoms with E-state index in [0.717, 1.165) is 29.7 Å². The molecule has 0 atom stereocenters. The Morgan fingerprint density at radius 2 is 2.14 bits per heavy atom. The largest absolute Gasteiger partial charge is 0.302 e. The number of anilines is 1. The third-order valence-electron chi connectivity index (χ3n) is 3.41. The number of hydrogen-bond acceptors (Lipinski definition) is 3. The lowest BCUT2D eigenvalue weighted by atomic mass is 10.1. The van der Waals surface area contributed by atoms with Crippen LogP contribution in [0.15, 0.2) is 23.6 Å². The summed E-state index contributed by atoms with van der Waals surface area (Å²) in [6.45, 7) is 4.16. The molecule has 0 aliphatic heterocycles. The van der Waals surface area contributed by atoms with Crippen molar-refractivity contribution in [2.24, 2.45) is 0 Å². The molecular weight excluding hydrogens is 316 g/mol. The number of thiazole rings is 1. The number of halogens is 1. The second-order valence-electron chi connectivity index (χ2n) is 5.38. The van der Waals surface area contributed by atoms with Crippen LogP contribution in [0.25, 0.3) is 11.3 Å². The molecule has 0 spiro atoms. The molecule has 1 amide bonds. The Labute approximate surface area is 140 Å². The fourth-order valence-electron chi connectivity index (χ4n) is 2.18. The van der Waals surface area contributed by atoms with Gasteiger partial charge in [-0.15, -0.1) is 11.3 Å². The van der Waals surface area contributed by atoms with Gasteiger partial charge in [0.15, 0.2) is 5.13 Å². The predicted octanol–water partition coefficient (Wildman–Crippen LogP) is 5.68. The summed E-state index contributed by atoms with van der Waals surface area (Å²) in [6, 6.07) is 5.89. The van der Waals surface area contributed by atoms with E-state index < -0.39 is 0 Å². The van der Waals surface area contributed by atoms with Crippen LogP contribution >= 0.6 is 22.9 Å². The molecule has 1 N–H and O–H groups in total. The summed E-state index contributed by atoms with van der Waals surface area (Å²) in [5.41, 5.74) is 2.81. The molecule has 2 rings (SSSR count). The number of amides is 1. The molecule has 118 valence electrons. The van der Waals surface area contributed by atoms with Gasteiger partial charge in [-0.1, -0.05) is 49.9 Å². The second kappa shape index (κ2) is 8.30. The molecule has 1 aromatic heterocycles. The number of hydrogen-bond donors (Lipinski definition) is 1. The van der Waals surface area contributed by atoms with Gasteiger partial charge < -0.3 is 5.32 Å². The molecule has 0 unspecified atom stereocenters. The molecule has 3 nitrogen and oxygen atoms in total. The van der Waals surface area contributed by atoms with Gasteiger partial charge >= 0.3 is 0 Å². The maximum absolute atomic E-state index is 11.9. The van der Waals surface area contributed by atoms with Gasteiger partial charge in [0.05, 0.1) is 10.7 Å². The molecule has 22 heavy (non-hydrogen) atoms. The fourth-order valence-corrected chi connectivity index (χ4v) is 3.24. The normalized spacial score (nSPS) is 10.7. The van der Waals surface area contributed by atoms with Gasteiger partial charge in [0, 0.05) is 17.4 Å². The van der Waals surface area contributed by atoms with Crippen LogP contribution in [0.1, 0.15) is 44.6 Å². The van der Waals surface area contributed by atoms with Gasteiger partial charge in [0.25, 0.3) is 0 Å². The van der Waals surface area contributed by atoms with E-state index in [9.17, 15) is 4.79 Å². The zero-order valence-corrected chi connectivity index (χ0v) is 14.6. The summed E-state index contributed by atoms with van der Waals surface area (Å²) in [4.78, 5) is 16.3. The molecule has 1 aromatic carbocycles. The lowest BCUT2D eigenvalue weighted by Crippen LogP contribution is -2.10. The smallest absolute Gasteiger partial charge is 0.226 e. The Hall–Kier alpha value is -1.39. The molecule has 2 aromatic rings. The highest BCUT2D eigenvalue weighted by molar-refractivity contribution is 7.14. The first-order valence-corrected chi connectivity index (χ1v) is 8.88. The molecule has 0 aliphatic rings. The van der Waals surface area contributed by atoms with Crippen molar-refractivity contribution in [3.63, 3.8) is 0 Å². The van der Waals surface area contributed by atoms with Crippen molar-refractivity contribution in [1.29, 1.82) is 0 Å². The maximum atomic E-state index is 11.9. The second-order valence-corrected chi connectivity index (χ2v) is 6.65. The molecule has 0 bridgehead atoms. The van der Waals surface area contributed by atoms with Crippen molar-refractivity contribution in [3.8, 4) is 11.3 Å². The van der Waals surface area contributed by atoms with Crippen molar-refractivity contribution in [2.45, 2.75) is 46.0 Å². The van der Waals surface area contributed by atoms with Gasteiger partial charge in [-0.25, -0.2) is 4.98 Å². The predicted molar refractivity (Wildman–Crippen MR) is 94.7 cm³/mol. The minimum atomic E-state index is 0.0343. The highest BCUT2D eigenvalue weighted by Crippen LogP contribution is 2.31. The van der Waals surface area contributed by atoms with Crippen LogP contribution in [0.3, 0.4) is 0 Å². The van der Waals surface area contributed by atoms with Crippen LogP contribution in [0.5, 0.6) is 0 Å². The Kier molecular flexibility index (Phi) is 6.40. The Morgan fingerprint density at radius 3 is 2.86 bits per heavy atom. The monoisotopic (exact) mass is 336 g/mol.